The molecule has 1 saturated heterocycles. The second-order valence-corrected chi connectivity index (χ2v) is 6.99. The molecule has 4 nitrogen and oxygen atoms in total. The maximum Gasteiger partial charge on any atom is 0.0947 e. The van der Waals surface area contributed by atoms with Gasteiger partial charge >= 0.3 is 0 Å². The summed E-state index contributed by atoms with van der Waals surface area (Å²) in [4.78, 5) is 4.93. The van der Waals surface area contributed by atoms with Crippen LogP contribution in [0.5, 0.6) is 0 Å². The molecule has 1 fully saturated rings. The smallest absolute Gasteiger partial charge is 0.0947 e. The molecule has 0 spiro atoms. The largest absolute Gasteiger partial charge is 0.388 e. The van der Waals surface area contributed by atoms with Crippen molar-refractivity contribution in [3.63, 3.8) is 0 Å². The molecule has 0 aliphatic carbocycles. The van der Waals surface area contributed by atoms with Gasteiger partial charge in [-0.15, -0.1) is 0 Å². The number of nitrogens with zero attached hydrogens (tertiary/aromatic N) is 2. The number of ether oxygens (including phenoxy) is 1. The fraction of sp³-hybridized carbons (Fsp3) is 0.455. The summed E-state index contributed by atoms with van der Waals surface area (Å²) in [6, 6.07) is 20.4. The minimum absolute atomic E-state index is 0.127. The summed E-state index contributed by atoms with van der Waals surface area (Å²) >= 11 is 0. The molecule has 3 rings (SSSR count). The normalized spacial score (nSPS) is 18.5. The predicted octanol–water partition coefficient (Wildman–Crippen LogP) is 3.12. The fourth-order valence-electron chi connectivity index (χ4n) is 3.56. The third-order valence-corrected chi connectivity index (χ3v) is 5.25. The van der Waals surface area contributed by atoms with Gasteiger partial charge in [-0.2, -0.15) is 0 Å². The van der Waals surface area contributed by atoms with E-state index in [1.54, 1.807) is 7.11 Å². The molecule has 1 heterocycles. The lowest BCUT2D eigenvalue weighted by Crippen LogP contribution is -2.47. The van der Waals surface area contributed by atoms with Gasteiger partial charge in [0, 0.05) is 46.4 Å². The lowest BCUT2D eigenvalue weighted by molar-refractivity contribution is 0.0387. The molecule has 0 bridgehead atoms. The molecule has 2 aromatic rings. The third-order valence-electron chi connectivity index (χ3n) is 5.25. The summed E-state index contributed by atoms with van der Waals surface area (Å²) in [5, 5.41) is 10.3. The molecule has 2 atom stereocenters. The van der Waals surface area contributed by atoms with Gasteiger partial charge < -0.3 is 14.7 Å². The van der Waals surface area contributed by atoms with E-state index in [0.29, 0.717) is 0 Å². The molecule has 4 heteroatoms. The first-order valence-corrected chi connectivity index (χ1v) is 9.51. The van der Waals surface area contributed by atoms with Crippen LogP contribution in [0.3, 0.4) is 0 Å². The molecular formula is C22H30N2O2. The van der Waals surface area contributed by atoms with Crippen molar-refractivity contribution in [1.82, 2.24) is 9.80 Å². The van der Waals surface area contributed by atoms with Crippen LogP contribution in [0, 0.1) is 0 Å². The van der Waals surface area contributed by atoms with Crippen LogP contribution in [0.2, 0.25) is 0 Å². The van der Waals surface area contributed by atoms with E-state index >= 15 is 0 Å². The van der Waals surface area contributed by atoms with Crippen molar-refractivity contribution >= 4 is 0 Å². The number of methoxy groups -OCH3 is 1. The Labute approximate surface area is 157 Å². The van der Waals surface area contributed by atoms with E-state index in [4.69, 9.17) is 4.74 Å². The molecule has 26 heavy (non-hydrogen) atoms. The van der Waals surface area contributed by atoms with Gasteiger partial charge in [0.1, 0.15) is 0 Å². The fourth-order valence-corrected chi connectivity index (χ4v) is 3.56. The van der Waals surface area contributed by atoms with E-state index in [9.17, 15) is 5.11 Å². The minimum Gasteiger partial charge on any atom is -0.388 e. The third kappa shape index (κ3) is 5.39. The number of aliphatic hydroxyl groups excluding tert-OH is 1. The standard InChI is InChI=1S/C22H30N2O2/c1-26-22(20-10-6-3-7-11-20)18-24-16-14-23(15-17-24)13-12-21(25)19-8-4-2-5-9-19/h2-11,21-22,25H,12-18H2,1H3/t21-,22+/m1/s1. The molecule has 0 unspecified atom stereocenters. The monoisotopic (exact) mass is 354 g/mol. The number of piperazine rings is 1. The molecule has 0 radical (unpaired) electrons. The Morgan fingerprint density at radius 1 is 0.846 bits per heavy atom. The van der Waals surface area contributed by atoms with Crippen LogP contribution >= 0.6 is 0 Å². The van der Waals surface area contributed by atoms with Gasteiger partial charge in [0.15, 0.2) is 0 Å². The van der Waals surface area contributed by atoms with Crippen LogP contribution < -0.4 is 0 Å². The second-order valence-electron chi connectivity index (χ2n) is 6.99. The number of rotatable bonds is 8. The highest BCUT2D eigenvalue weighted by Crippen LogP contribution is 2.20. The number of aliphatic hydroxyl groups is 1. The first kappa shape index (κ1) is 19.1. The summed E-state index contributed by atoms with van der Waals surface area (Å²) in [5.41, 5.74) is 2.25. The topological polar surface area (TPSA) is 35.9 Å². The molecule has 2 aromatic carbocycles. The van der Waals surface area contributed by atoms with Crippen LogP contribution in [-0.4, -0.2) is 61.3 Å². The van der Waals surface area contributed by atoms with E-state index in [-0.39, 0.29) is 12.2 Å². The molecule has 1 aliphatic rings. The Hall–Kier alpha value is -1.72. The number of hydrogen-bond acceptors (Lipinski definition) is 4. The van der Waals surface area contributed by atoms with E-state index < -0.39 is 0 Å². The first-order valence-electron chi connectivity index (χ1n) is 9.51. The van der Waals surface area contributed by atoms with E-state index in [1.807, 2.05) is 36.4 Å². The maximum absolute atomic E-state index is 10.3. The highest BCUT2D eigenvalue weighted by atomic mass is 16.5. The predicted molar refractivity (Wildman–Crippen MR) is 105 cm³/mol. The molecule has 1 aliphatic heterocycles. The van der Waals surface area contributed by atoms with Crippen LogP contribution in [0.4, 0.5) is 0 Å². The average molecular weight is 354 g/mol. The lowest BCUT2D eigenvalue weighted by atomic mass is 10.1. The number of hydrogen-bond donors (Lipinski definition) is 1. The first-order chi connectivity index (χ1) is 12.8. The maximum atomic E-state index is 10.3. The van der Waals surface area contributed by atoms with E-state index in [0.717, 1.165) is 51.3 Å². The van der Waals surface area contributed by atoms with Crippen molar-refractivity contribution in [3.05, 3.63) is 71.8 Å². The van der Waals surface area contributed by atoms with Gasteiger partial charge in [-0.1, -0.05) is 60.7 Å². The summed E-state index contributed by atoms with van der Waals surface area (Å²) in [5.74, 6) is 0. The van der Waals surface area contributed by atoms with Crippen LogP contribution in [0.15, 0.2) is 60.7 Å². The van der Waals surface area contributed by atoms with Gasteiger partial charge in [0.2, 0.25) is 0 Å². The molecular weight excluding hydrogens is 324 g/mol. The van der Waals surface area contributed by atoms with Crippen molar-refractivity contribution in [1.29, 1.82) is 0 Å². The Bertz CT molecular complexity index is 627. The molecule has 1 N–H and O–H groups in total. The zero-order valence-electron chi connectivity index (χ0n) is 15.6. The van der Waals surface area contributed by atoms with Crippen LogP contribution in [0.25, 0.3) is 0 Å². The van der Waals surface area contributed by atoms with Gasteiger partial charge in [-0.3, -0.25) is 4.90 Å². The van der Waals surface area contributed by atoms with Crippen molar-refractivity contribution in [2.75, 3.05) is 46.4 Å². The zero-order valence-corrected chi connectivity index (χ0v) is 15.6. The minimum atomic E-state index is -0.370. The van der Waals surface area contributed by atoms with E-state index in [1.165, 1.54) is 5.56 Å². The molecule has 0 aromatic heterocycles. The van der Waals surface area contributed by atoms with Gasteiger partial charge in [-0.25, -0.2) is 0 Å². The second kappa shape index (κ2) is 9.83. The van der Waals surface area contributed by atoms with E-state index in [2.05, 4.69) is 34.1 Å². The van der Waals surface area contributed by atoms with Crippen molar-refractivity contribution < 1.29 is 9.84 Å². The highest BCUT2D eigenvalue weighted by molar-refractivity contribution is 5.18. The average Bonchev–Trinajstić information content (AvgIpc) is 2.72. The van der Waals surface area contributed by atoms with Crippen molar-refractivity contribution in [2.45, 2.75) is 18.6 Å². The summed E-state index contributed by atoms with van der Waals surface area (Å²) in [6.45, 7) is 6.07. The SMILES string of the molecule is CO[C@@H](CN1CCN(CC[C@@H](O)c2ccccc2)CC1)c1ccccc1. The van der Waals surface area contributed by atoms with Gasteiger partial charge in [-0.05, 0) is 17.5 Å². The zero-order chi connectivity index (χ0) is 18.2. The molecule has 0 saturated carbocycles. The number of benzene rings is 2. The Morgan fingerprint density at radius 2 is 1.38 bits per heavy atom. The van der Waals surface area contributed by atoms with Gasteiger partial charge in [0.25, 0.3) is 0 Å². The molecule has 140 valence electrons. The Balaban J connectivity index is 1.41. The highest BCUT2D eigenvalue weighted by Gasteiger charge is 2.21. The van der Waals surface area contributed by atoms with Crippen LogP contribution in [-0.2, 0) is 4.74 Å². The molecule has 0 amide bonds. The Morgan fingerprint density at radius 3 is 1.96 bits per heavy atom. The summed E-state index contributed by atoms with van der Waals surface area (Å²) in [6.07, 6.45) is 0.544. The van der Waals surface area contributed by atoms with Crippen molar-refractivity contribution in [3.8, 4) is 0 Å². The summed E-state index contributed by atoms with van der Waals surface area (Å²) < 4.78 is 5.71. The lowest BCUT2D eigenvalue weighted by Gasteiger charge is -2.36. The quantitative estimate of drug-likeness (QED) is 0.790. The van der Waals surface area contributed by atoms with Crippen LogP contribution in [0.1, 0.15) is 29.8 Å². The summed E-state index contributed by atoms with van der Waals surface area (Å²) in [7, 11) is 1.79. The van der Waals surface area contributed by atoms with Gasteiger partial charge in [0.05, 0.1) is 12.2 Å². The van der Waals surface area contributed by atoms with Crippen molar-refractivity contribution in [2.24, 2.45) is 0 Å². The Kier molecular flexibility index (Phi) is 7.21.